The van der Waals surface area contributed by atoms with Crippen LogP contribution < -0.4 is 15.2 Å². The van der Waals surface area contributed by atoms with Crippen LogP contribution in [0.3, 0.4) is 0 Å². The van der Waals surface area contributed by atoms with Crippen molar-refractivity contribution in [2.24, 2.45) is 11.7 Å². The molecular weight excluding hydrogens is 533 g/mol. The van der Waals surface area contributed by atoms with Crippen LogP contribution in [0.2, 0.25) is 13.3 Å². The Morgan fingerprint density at radius 1 is 0.912 bits per heavy atom. The molecule has 0 bridgehead atoms. The van der Waals surface area contributed by atoms with Crippen LogP contribution in [0.5, 0.6) is 11.5 Å². The van der Waals surface area contributed by atoms with Crippen molar-refractivity contribution < 1.29 is 19.3 Å². The van der Waals surface area contributed by atoms with E-state index in [1.807, 2.05) is 26.0 Å². The second kappa shape index (κ2) is 18.5. The van der Waals surface area contributed by atoms with Gasteiger partial charge in [-0.15, -0.1) is 0 Å². The van der Waals surface area contributed by atoms with Gasteiger partial charge in [0, 0.05) is 0 Å². The van der Waals surface area contributed by atoms with E-state index >= 15 is 0 Å². The van der Waals surface area contributed by atoms with Gasteiger partial charge >= 0.3 is 171 Å². The fourth-order valence-electron chi connectivity index (χ4n) is 4.20. The number of benzene rings is 1. The Morgan fingerprint density at radius 3 is 1.94 bits per heavy atom. The third kappa shape index (κ3) is 13.4. The number of nitrogens with two attached hydrogens (primary N) is 1. The van der Waals surface area contributed by atoms with Crippen molar-refractivity contribution in [3.8, 4) is 11.5 Å². The van der Waals surface area contributed by atoms with E-state index < -0.39 is 30.7 Å². The summed E-state index contributed by atoms with van der Waals surface area (Å²) in [5, 5.41) is 10.1. The van der Waals surface area contributed by atoms with Gasteiger partial charge in [0.15, 0.2) is 0 Å². The predicted octanol–water partition coefficient (Wildman–Crippen LogP) is 7.05. The molecule has 0 saturated heterocycles. The van der Waals surface area contributed by atoms with Gasteiger partial charge in [-0.1, -0.05) is 13.8 Å². The monoisotopic (exact) mass is 585 g/mol. The topological polar surface area (TPSA) is 73.9 Å². The summed E-state index contributed by atoms with van der Waals surface area (Å²) < 4.78 is 24.2. The second-order valence-electron chi connectivity index (χ2n) is 9.96. The van der Waals surface area contributed by atoms with Crippen molar-refractivity contribution in [1.29, 1.82) is 0 Å². The molecule has 0 amide bonds. The third-order valence-corrected chi connectivity index (χ3v) is 20.5. The quantitative estimate of drug-likeness (QED) is 0.0976. The summed E-state index contributed by atoms with van der Waals surface area (Å²) in [4.78, 5) is 0. The Balaban J connectivity index is 2.48. The number of aliphatic hydroxyl groups excluding tert-OH is 1. The minimum atomic E-state index is -2.22. The molecule has 0 aliphatic carbocycles. The zero-order valence-corrected chi connectivity index (χ0v) is 25.3. The SMILES string of the molecule is CCC[CH2][Sn]([CH]=CCOCOc1ccc(OC(N)C(O)CC(C)C)cc1)([CH2]CCC)[CH2]CCC. The van der Waals surface area contributed by atoms with Crippen LogP contribution in [0.15, 0.2) is 34.4 Å². The number of hydrogen-bond acceptors (Lipinski definition) is 5. The van der Waals surface area contributed by atoms with Gasteiger partial charge in [-0.05, 0) is 12.3 Å². The molecule has 0 radical (unpaired) electrons. The normalized spacial score (nSPS) is 14.0. The molecule has 0 aliphatic heterocycles. The molecule has 1 aromatic carbocycles. The molecule has 2 unspecified atom stereocenters. The van der Waals surface area contributed by atoms with Gasteiger partial charge in [-0.3, -0.25) is 5.73 Å². The average Bonchev–Trinajstić information content (AvgIpc) is 2.82. The molecule has 2 atom stereocenters. The molecule has 34 heavy (non-hydrogen) atoms. The summed E-state index contributed by atoms with van der Waals surface area (Å²) in [6, 6.07) is 7.26. The number of aliphatic hydroxyl groups is 1. The van der Waals surface area contributed by atoms with E-state index in [0.29, 0.717) is 24.7 Å². The molecule has 0 fully saturated rings. The average molecular weight is 584 g/mol. The Bertz CT molecular complexity index is 629. The Kier molecular flexibility index (Phi) is 17.0. The van der Waals surface area contributed by atoms with E-state index in [1.165, 1.54) is 51.8 Å². The Hall–Kier alpha value is -0.761. The van der Waals surface area contributed by atoms with Gasteiger partial charge in [0.25, 0.3) is 0 Å². The maximum atomic E-state index is 10.1. The number of hydrogen-bond donors (Lipinski definition) is 2. The van der Waals surface area contributed by atoms with Gasteiger partial charge in [-0.25, -0.2) is 0 Å². The number of unbranched alkanes of at least 4 members (excludes halogenated alkanes) is 3. The van der Waals surface area contributed by atoms with Crippen molar-refractivity contribution in [1.82, 2.24) is 0 Å². The number of rotatable bonds is 20. The van der Waals surface area contributed by atoms with Crippen LogP contribution >= 0.6 is 0 Å². The molecular formula is C28H51NO4Sn. The van der Waals surface area contributed by atoms with E-state index in [0.717, 1.165) is 5.75 Å². The summed E-state index contributed by atoms with van der Waals surface area (Å²) in [5.41, 5.74) is 5.95. The molecule has 0 aromatic heterocycles. The fourth-order valence-corrected chi connectivity index (χ4v) is 18.5. The van der Waals surface area contributed by atoms with Crippen molar-refractivity contribution in [3.05, 3.63) is 34.4 Å². The molecule has 5 nitrogen and oxygen atoms in total. The summed E-state index contributed by atoms with van der Waals surface area (Å²) in [5.74, 6) is 1.69. The molecule has 3 N–H and O–H groups in total. The van der Waals surface area contributed by atoms with Gasteiger partial charge < -0.3 is 5.11 Å². The summed E-state index contributed by atoms with van der Waals surface area (Å²) in [6.45, 7) is 11.8. The number of ether oxygens (including phenoxy) is 3. The van der Waals surface area contributed by atoms with Crippen molar-refractivity contribution in [3.63, 3.8) is 0 Å². The summed E-state index contributed by atoms with van der Waals surface area (Å²) >= 11 is -2.22. The molecule has 0 spiro atoms. The van der Waals surface area contributed by atoms with Crippen LogP contribution in [0.25, 0.3) is 0 Å². The van der Waals surface area contributed by atoms with Crippen LogP contribution in [-0.2, 0) is 4.74 Å². The van der Waals surface area contributed by atoms with Gasteiger partial charge in [-0.2, -0.15) is 0 Å². The van der Waals surface area contributed by atoms with Crippen molar-refractivity contribution in [2.75, 3.05) is 13.4 Å². The molecule has 196 valence electrons. The molecule has 0 heterocycles. The minimum absolute atomic E-state index is 0.221. The second-order valence-corrected chi connectivity index (χ2v) is 23.0. The zero-order chi connectivity index (χ0) is 25.2. The van der Waals surface area contributed by atoms with E-state index in [-0.39, 0.29) is 6.79 Å². The molecule has 6 heteroatoms. The molecule has 1 rings (SSSR count). The zero-order valence-electron chi connectivity index (χ0n) is 22.4. The van der Waals surface area contributed by atoms with Gasteiger partial charge in [0.2, 0.25) is 0 Å². The van der Waals surface area contributed by atoms with Gasteiger partial charge in [0.1, 0.15) is 6.10 Å². The predicted molar refractivity (Wildman–Crippen MR) is 146 cm³/mol. The van der Waals surface area contributed by atoms with E-state index in [4.69, 9.17) is 19.9 Å². The summed E-state index contributed by atoms with van der Waals surface area (Å²) in [7, 11) is 0. The third-order valence-electron chi connectivity index (χ3n) is 6.27. The van der Waals surface area contributed by atoms with E-state index in [9.17, 15) is 5.11 Å². The fraction of sp³-hybridized carbons (Fsp3) is 0.714. The van der Waals surface area contributed by atoms with Crippen molar-refractivity contribution in [2.45, 2.75) is 105 Å². The first kappa shape index (κ1) is 31.3. The molecule has 1 aromatic rings. The van der Waals surface area contributed by atoms with E-state index in [2.05, 4.69) is 30.9 Å². The van der Waals surface area contributed by atoms with Crippen LogP contribution in [0.1, 0.15) is 79.6 Å². The standard InChI is InChI=1S/C16H24NO4.3C4H9.Sn/c1-4-9-19-11-20-13-5-7-14(8-6-13)21-16(17)15(18)10-12(2)3;3*1-3-4-2;/h1,4-8,12,15-16,18H,9-11,17H2,2-3H3;3*1,3-4H2,2H3;. The molecule has 0 aliphatic rings. The van der Waals surface area contributed by atoms with Crippen LogP contribution in [-0.4, -0.2) is 49.2 Å². The first-order valence-electron chi connectivity index (χ1n) is 13.4. The van der Waals surface area contributed by atoms with Crippen LogP contribution in [0.4, 0.5) is 0 Å². The van der Waals surface area contributed by atoms with Crippen molar-refractivity contribution >= 4 is 18.4 Å². The maximum absolute atomic E-state index is 10.1. The summed E-state index contributed by atoms with van der Waals surface area (Å²) in [6.07, 6.45) is 9.46. The first-order chi connectivity index (χ1) is 16.4. The van der Waals surface area contributed by atoms with Gasteiger partial charge in [0.05, 0.1) is 0 Å². The Morgan fingerprint density at radius 2 is 1.44 bits per heavy atom. The Labute approximate surface area is 213 Å². The molecule has 0 saturated carbocycles. The van der Waals surface area contributed by atoms with E-state index in [1.54, 1.807) is 12.1 Å². The first-order valence-corrected chi connectivity index (χ1v) is 21.1. The van der Waals surface area contributed by atoms with Crippen LogP contribution in [0, 0.1) is 5.92 Å².